The van der Waals surface area contributed by atoms with Gasteiger partial charge in [0, 0.05) is 39.9 Å². The summed E-state index contributed by atoms with van der Waals surface area (Å²) in [5.74, 6) is 1.81. The normalized spacial score (nSPS) is 13.9. The topological polar surface area (TPSA) is 40.8 Å². The van der Waals surface area contributed by atoms with E-state index >= 15 is 0 Å². The summed E-state index contributed by atoms with van der Waals surface area (Å²) in [4.78, 5) is 5.00. The minimum Gasteiger partial charge on any atom is -0.458 e. The van der Waals surface area contributed by atoms with E-state index < -0.39 is 60.4 Å². The number of benzene rings is 9. The van der Waals surface area contributed by atoms with Crippen molar-refractivity contribution < 1.29 is 23.0 Å². The average Bonchev–Trinajstić information content (AvgIpc) is 4.34. The van der Waals surface area contributed by atoms with Crippen LogP contribution in [0.25, 0.3) is 99.8 Å². The van der Waals surface area contributed by atoms with Gasteiger partial charge in [0.2, 0.25) is 0 Å². The Labute approximate surface area is 420 Å². The maximum absolute atomic E-state index is 9.11. The molecule has 0 aliphatic rings. The van der Waals surface area contributed by atoms with Crippen molar-refractivity contribution in [2.75, 3.05) is 0 Å². The van der Waals surface area contributed by atoms with E-state index in [2.05, 4.69) is 127 Å². The lowest BCUT2D eigenvalue weighted by atomic mass is 9.88. The van der Waals surface area contributed by atoms with E-state index in [0.717, 1.165) is 60.7 Å². The molecule has 0 aliphatic heterocycles. The molecule has 13 rings (SSSR count). The van der Waals surface area contributed by atoms with Gasteiger partial charge in [-0.2, -0.15) is 0 Å². The van der Waals surface area contributed by atoms with Gasteiger partial charge in [-0.15, -0.1) is 0 Å². The van der Waals surface area contributed by atoms with Crippen LogP contribution in [0, 0.1) is 6.33 Å². The summed E-state index contributed by atoms with van der Waals surface area (Å²) in [6, 6.07) is 48.1. The van der Waals surface area contributed by atoms with E-state index in [0.29, 0.717) is 28.2 Å². The summed E-state index contributed by atoms with van der Waals surface area (Å²) < 4.78 is 103. The van der Waals surface area contributed by atoms with Crippen LogP contribution in [0.4, 0.5) is 0 Å². The molecule has 4 aromatic heterocycles. The Kier molecular flexibility index (Phi) is 7.45. The summed E-state index contributed by atoms with van der Waals surface area (Å²) in [5, 5.41) is 4.29. The third kappa shape index (κ3) is 6.79. The quantitative estimate of drug-likeness (QED) is 0.113. The van der Waals surface area contributed by atoms with Crippen molar-refractivity contribution in [2.45, 2.75) is 26.2 Å². The molecular weight excluding hydrogens is 855 g/mol. The number of fused-ring (bicyclic) bond motifs is 7. The molecular formula is C64H47N5O. The Hall–Kier alpha value is -9.00. The molecule has 6 heteroatoms. The Bertz CT molecular complexity index is 4570. The fraction of sp³-hybridized carbons (Fsp3) is 0.0625. The third-order valence-electron chi connectivity index (χ3n) is 13.1. The van der Waals surface area contributed by atoms with E-state index in [1.165, 1.54) is 0 Å². The third-order valence-corrected chi connectivity index (χ3v) is 13.1. The smallest absolute Gasteiger partial charge is 0.269 e. The van der Waals surface area contributed by atoms with Crippen molar-refractivity contribution >= 4 is 54.6 Å². The lowest BCUT2D eigenvalue weighted by Crippen LogP contribution is -2.31. The highest BCUT2D eigenvalue weighted by Gasteiger charge is 2.24. The summed E-state index contributed by atoms with van der Waals surface area (Å²) >= 11 is 0. The van der Waals surface area contributed by atoms with E-state index in [1.807, 2.05) is 65.4 Å². The minimum absolute atomic E-state index is 0.137. The Morgan fingerprint density at radius 3 is 1.77 bits per heavy atom. The summed E-state index contributed by atoms with van der Waals surface area (Å²) in [6.45, 7) is 6.58. The molecule has 0 saturated heterocycles. The number of aromatic nitrogens is 5. The van der Waals surface area contributed by atoms with Crippen molar-refractivity contribution in [1.82, 2.24) is 18.7 Å². The first kappa shape index (κ1) is 31.9. The Morgan fingerprint density at radius 2 is 1.11 bits per heavy atom. The number of para-hydroxylation sites is 6. The van der Waals surface area contributed by atoms with Crippen LogP contribution in [0.2, 0.25) is 0 Å². The first-order valence-electron chi connectivity index (χ1n) is 28.1. The molecule has 13 aromatic rings. The van der Waals surface area contributed by atoms with Gasteiger partial charge < -0.3 is 9.30 Å². The van der Waals surface area contributed by atoms with Gasteiger partial charge in [0.05, 0.1) is 63.9 Å². The monoisotopic (exact) mass is 911 g/mol. The molecule has 0 unspecified atom stereocenters. The van der Waals surface area contributed by atoms with Crippen LogP contribution in [0.1, 0.15) is 40.0 Å². The first-order chi connectivity index (χ1) is 38.5. The predicted octanol–water partition coefficient (Wildman–Crippen LogP) is 15.7. The molecule has 70 heavy (non-hydrogen) atoms. The van der Waals surface area contributed by atoms with Gasteiger partial charge in [0.1, 0.15) is 17.3 Å². The minimum atomic E-state index is -0.571. The van der Waals surface area contributed by atoms with Gasteiger partial charge >= 0.3 is 0 Å². The number of nitrogens with zero attached hydrogens (tertiary/aromatic N) is 5. The molecule has 0 fully saturated rings. The maximum atomic E-state index is 9.11. The molecule has 0 spiro atoms. The lowest BCUT2D eigenvalue weighted by Gasteiger charge is -2.20. The number of ether oxygens (including phenoxy) is 1. The van der Waals surface area contributed by atoms with Crippen molar-refractivity contribution in [3.63, 3.8) is 0 Å². The van der Waals surface area contributed by atoms with Gasteiger partial charge in [-0.05, 0) is 81.8 Å². The van der Waals surface area contributed by atoms with Crippen molar-refractivity contribution in [3.8, 4) is 56.6 Å². The van der Waals surface area contributed by atoms with Gasteiger partial charge in [-0.3, -0.25) is 13.7 Å². The Balaban J connectivity index is 1.03. The van der Waals surface area contributed by atoms with Crippen molar-refractivity contribution in [2.24, 2.45) is 0 Å². The van der Waals surface area contributed by atoms with Crippen LogP contribution in [-0.2, 0) is 5.41 Å². The zero-order valence-corrected chi connectivity index (χ0v) is 38.3. The van der Waals surface area contributed by atoms with Crippen LogP contribution in [-0.4, -0.2) is 18.7 Å². The predicted molar refractivity (Wildman–Crippen MR) is 286 cm³/mol. The molecule has 6 nitrogen and oxygen atoms in total. The van der Waals surface area contributed by atoms with E-state index in [9.17, 15) is 0 Å². The standard InChI is InChI=1S/C64H47N5O/c1-64(2,3)45-36-37-65-61(38-45)69-56-33-15-12-28-53(56)62-59(68-54-31-13-10-26-51(54)52-27-11-14-32-55(52)68)40-48(41-60(62)69)70-47-25-18-24-46(39-47)66-42-67(58-35-17-16-34-57(58)66)63-49(43-20-6-4-7-21-43)29-19-30-50(63)44-22-8-5-9-23-44/h4-41H,1-3H3/i4D,5D,6D,7D,8D,9D,20D,21D,22D,23D. The molecule has 0 aliphatic carbocycles. The lowest BCUT2D eigenvalue weighted by molar-refractivity contribution is -0.571. The molecule has 0 bridgehead atoms. The second-order valence-corrected chi connectivity index (χ2v) is 18.3. The molecule has 0 radical (unpaired) electrons. The maximum Gasteiger partial charge on any atom is 0.269 e. The van der Waals surface area contributed by atoms with Crippen molar-refractivity contribution in [1.29, 1.82) is 0 Å². The number of imidazole rings is 1. The van der Waals surface area contributed by atoms with Crippen LogP contribution < -0.4 is 9.30 Å². The van der Waals surface area contributed by atoms with Crippen LogP contribution in [0.3, 0.4) is 0 Å². The molecule has 4 heterocycles. The van der Waals surface area contributed by atoms with E-state index in [4.69, 9.17) is 23.4 Å². The van der Waals surface area contributed by atoms with Crippen LogP contribution >= 0.6 is 0 Å². The zero-order chi connectivity index (χ0) is 55.6. The highest BCUT2D eigenvalue weighted by molar-refractivity contribution is 6.16. The molecule has 0 amide bonds. The second kappa shape index (κ2) is 16.4. The first-order valence-corrected chi connectivity index (χ1v) is 23.1. The molecule has 0 saturated carbocycles. The van der Waals surface area contributed by atoms with E-state index in [1.54, 1.807) is 22.8 Å². The fourth-order valence-corrected chi connectivity index (χ4v) is 9.92. The summed E-state index contributed by atoms with van der Waals surface area (Å²) in [6.07, 6.45) is 5.36. The number of hydrogen-bond acceptors (Lipinski definition) is 2. The number of hydrogen-bond donors (Lipinski definition) is 0. The van der Waals surface area contributed by atoms with Crippen LogP contribution in [0.5, 0.6) is 11.5 Å². The van der Waals surface area contributed by atoms with Gasteiger partial charge in [0.15, 0.2) is 0 Å². The van der Waals surface area contributed by atoms with Crippen molar-refractivity contribution in [3.05, 3.63) is 242 Å². The average molecular weight is 912 g/mol. The summed E-state index contributed by atoms with van der Waals surface area (Å²) in [7, 11) is 0. The number of pyridine rings is 1. The molecule has 334 valence electrons. The van der Waals surface area contributed by atoms with Gasteiger partial charge in [-0.25, -0.2) is 4.98 Å². The summed E-state index contributed by atoms with van der Waals surface area (Å²) in [5.41, 5.74) is 7.83. The highest BCUT2D eigenvalue weighted by atomic mass is 16.5. The van der Waals surface area contributed by atoms with Gasteiger partial charge in [-0.1, -0.05) is 184 Å². The van der Waals surface area contributed by atoms with Crippen LogP contribution in [0.15, 0.2) is 230 Å². The molecule has 0 N–H and O–H groups in total. The largest absolute Gasteiger partial charge is 0.458 e. The highest BCUT2D eigenvalue weighted by Crippen LogP contribution is 2.43. The van der Waals surface area contributed by atoms with Gasteiger partial charge in [0.25, 0.3) is 6.33 Å². The second-order valence-electron chi connectivity index (χ2n) is 18.3. The van der Waals surface area contributed by atoms with E-state index in [-0.39, 0.29) is 33.4 Å². The fourth-order valence-electron chi connectivity index (χ4n) is 9.92. The number of rotatable bonds is 8. The molecule has 9 aromatic carbocycles. The Morgan fingerprint density at radius 1 is 0.529 bits per heavy atom. The molecule has 0 atom stereocenters. The zero-order valence-electron chi connectivity index (χ0n) is 48.3. The SMILES string of the molecule is [2H]c1c([2H])c([2H])c(-c2cccc(-c3c([2H])c([2H])c([2H])c([2H])c3[2H])c2-[n+]2[c-]n(-c3cccc(Oc4cc(-n5c6ccccc6c6ccccc65)c5c6ccccc6n(-c6cc(C(C)(C)C)ccn6)c5c4)c3)c3ccccc32)c([2H])c1[2H].